The number of carbonyl (C=O) groups excluding carboxylic acids is 1. The van der Waals surface area contributed by atoms with Gasteiger partial charge in [-0.1, -0.05) is 37.8 Å². The molecule has 0 aromatic heterocycles. The number of rotatable bonds is 7. The van der Waals surface area contributed by atoms with Gasteiger partial charge in [0.05, 0.1) is 0 Å². The van der Waals surface area contributed by atoms with Gasteiger partial charge in [-0.25, -0.2) is 0 Å². The fourth-order valence-electron chi connectivity index (χ4n) is 1.19. The third-order valence-electron chi connectivity index (χ3n) is 2.04. The molecule has 0 amide bonds. The predicted molar refractivity (Wildman–Crippen MR) is 53.3 cm³/mol. The maximum atomic E-state index is 10.8. The van der Waals surface area contributed by atoms with Crippen molar-refractivity contribution in [2.45, 2.75) is 52.4 Å². The molecule has 0 bridgehead atoms. The molecule has 0 fully saturated rings. The molecule has 0 aromatic rings. The molecule has 0 saturated heterocycles. The lowest BCUT2D eigenvalue weighted by Crippen LogP contribution is -2.09. The van der Waals surface area contributed by atoms with Crippen molar-refractivity contribution in [1.29, 1.82) is 0 Å². The molecule has 0 atom stereocenters. The van der Waals surface area contributed by atoms with Gasteiger partial charge in [-0.2, -0.15) is 0 Å². The molecule has 0 saturated carbocycles. The van der Waals surface area contributed by atoms with Crippen LogP contribution in [0.4, 0.5) is 0 Å². The number of hydrogen-bond acceptors (Lipinski definition) is 3. The van der Waals surface area contributed by atoms with Gasteiger partial charge in [-0.15, -0.1) is 0 Å². The molecule has 0 unspecified atom stereocenters. The van der Waals surface area contributed by atoms with E-state index in [1.165, 1.54) is 26.2 Å². The van der Waals surface area contributed by atoms with Crippen LogP contribution in [0.1, 0.15) is 52.4 Å². The van der Waals surface area contributed by atoms with Crippen molar-refractivity contribution in [1.82, 2.24) is 0 Å². The van der Waals surface area contributed by atoms with Crippen LogP contribution in [-0.4, -0.2) is 16.7 Å². The van der Waals surface area contributed by atoms with E-state index in [-0.39, 0.29) is 5.78 Å². The van der Waals surface area contributed by atoms with E-state index in [0.717, 1.165) is 12.8 Å². The Hall–Kier alpha value is -0.860. The number of Topliss-reactive ketones (excluding diaryl/α,β-unsaturated/α-hetero) is 1. The Morgan fingerprint density at radius 3 is 2.31 bits per heavy atom. The Kier molecular flexibility index (Phi) is 7.26. The Morgan fingerprint density at radius 2 is 1.85 bits per heavy atom. The van der Waals surface area contributed by atoms with Gasteiger partial charge in [0.25, 0.3) is 0 Å². The molecule has 3 heteroatoms. The molecule has 0 radical (unpaired) electrons. The van der Waals surface area contributed by atoms with Crippen molar-refractivity contribution < 1.29 is 10.0 Å². The van der Waals surface area contributed by atoms with Gasteiger partial charge in [-0.3, -0.25) is 4.79 Å². The summed E-state index contributed by atoms with van der Waals surface area (Å²) < 4.78 is 0. The van der Waals surface area contributed by atoms with Crippen molar-refractivity contribution in [2.24, 2.45) is 5.16 Å². The van der Waals surface area contributed by atoms with Crippen LogP contribution in [0, 0.1) is 0 Å². The molecule has 76 valence electrons. The highest BCUT2D eigenvalue weighted by Gasteiger charge is 2.05. The first-order chi connectivity index (χ1) is 6.22. The van der Waals surface area contributed by atoms with E-state index in [1.807, 2.05) is 0 Å². The molecule has 0 aliphatic heterocycles. The second-order valence-electron chi connectivity index (χ2n) is 3.27. The number of hydrogen-bond donors (Lipinski definition) is 1. The van der Waals surface area contributed by atoms with Crippen molar-refractivity contribution in [3.63, 3.8) is 0 Å². The molecular formula is C10H19NO2. The van der Waals surface area contributed by atoms with E-state index < -0.39 is 0 Å². The molecule has 0 rings (SSSR count). The number of unbranched alkanes of at least 4 members (excludes halogenated alkanes) is 4. The van der Waals surface area contributed by atoms with Crippen LogP contribution in [0.15, 0.2) is 5.16 Å². The molecule has 0 aromatic carbocycles. The standard InChI is InChI=1S/C10H19NO2/c1-3-4-5-6-7-8-10(11-13)9(2)12/h13H,3-8H2,1-2H3/b11-10-. The van der Waals surface area contributed by atoms with E-state index in [9.17, 15) is 4.79 Å². The maximum absolute atomic E-state index is 10.8. The Morgan fingerprint density at radius 1 is 1.23 bits per heavy atom. The smallest absolute Gasteiger partial charge is 0.177 e. The molecule has 3 nitrogen and oxygen atoms in total. The van der Waals surface area contributed by atoms with Crippen LogP contribution in [0.25, 0.3) is 0 Å². The van der Waals surface area contributed by atoms with E-state index >= 15 is 0 Å². The normalized spacial score (nSPS) is 11.7. The second-order valence-corrected chi connectivity index (χ2v) is 3.27. The lowest BCUT2D eigenvalue weighted by atomic mass is 10.1. The highest BCUT2D eigenvalue weighted by Crippen LogP contribution is 2.06. The summed E-state index contributed by atoms with van der Waals surface area (Å²) in [6, 6.07) is 0. The Labute approximate surface area is 79.8 Å². The summed E-state index contributed by atoms with van der Waals surface area (Å²) in [6.07, 6.45) is 6.32. The average molecular weight is 185 g/mol. The fraction of sp³-hybridized carbons (Fsp3) is 0.800. The van der Waals surface area contributed by atoms with Crippen LogP contribution in [-0.2, 0) is 4.79 Å². The van der Waals surface area contributed by atoms with Crippen molar-refractivity contribution in [2.75, 3.05) is 0 Å². The van der Waals surface area contributed by atoms with Crippen LogP contribution in [0.3, 0.4) is 0 Å². The number of ketones is 1. The molecule has 0 spiro atoms. The fourth-order valence-corrected chi connectivity index (χ4v) is 1.19. The van der Waals surface area contributed by atoms with E-state index in [1.54, 1.807) is 0 Å². The van der Waals surface area contributed by atoms with Gasteiger partial charge in [0.2, 0.25) is 0 Å². The van der Waals surface area contributed by atoms with Gasteiger partial charge >= 0.3 is 0 Å². The summed E-state index contributed by atoms with van der Waals surface area (Å²) in [5.74, 6) is -0.127. The predicted octanol–water partition coefficient (Wildman–Crippen LogP) is 2.77. The first-order valence-corrected chi connectivity index (χ1v) is 4.94. The minimum Gasteiger partial charge on any atom is -0.411 e. The minimum atomic E-state index is -0.127. The lowest BCUT2D eigenvalue weighted by molar-refractivity contribution is -0.111. The summed E-state index contributed by atoms with van der Waals surface area (Å²) in [7, 11) is 0. The summed E-state index contributed by atoms with van der Waals surface area (Å²) in [5, 5.41) is 11.4. The number of oxime groups is 1. The van der Waals surface area contributed by atoms with Gasteiger partial charge in [0.1, 0.15) is 5.71 Å². The maximum Gasteiger partial charge on any atom is 0.177 e. The van der Waals surface area contributed by atoms with E-state index in [4.69, 9.17) is 5.21 Å². The number of carbonyl (C=O) groups is 1. The first-order valence-electron chi connectivity index (χ1n) is 4.94. The minimum absolute atomic E-state index is 0.127. The molecule has 0 aliphatic carbocycles. The third-order valence-corrected chi connectivity index (χ3v) is 2.04. The first kappa shape index (κ1) is 12.1. The van der Waals surface area contributed by atoms with Gasteiger partial charge in [0.15, 0.2) is 5.78 Å². The third kappa shape index (κ3) is 6.31. The molecule has 0 aliphatic rings. The highest BCUT2D eigenvalue weighted by molar-refractivity contribution is 6.38. The van der Waals surface area contributed by atoms with Gasteiger partial charge < -0.3 is 5.21 Å². The zero-order chi connectivity index (χ0) is 10.1. The summed E-state index contributed by atoms with van der Waals surface area (Å²) in [6.45, 7) is 3.59. The van der Waals surface area contributed by atoms with Crippen molar-refractivity contribution in [3.05, 3.63) is 0 Å². The monoisotopic (exact) mass is 185 g/mol. The topological polar surface area (TPSA) is 49.7 Å². The summed E-state index contributed by atoms with van der Waals surface area (Å²) >= 11 is 0. The Bertz CT molecular complexity index is 176. The molecule has 0 heterocycles. The quantitative estimate of drug-likeness (QED) is 0.287. The van der Waals surface area contributed by atoms with Crippen LogP contribution in [0.2, 0.25) is 0 Å². The summed E-state index contributed by atoms with van der Waals surface area (Å²) in [5.41, 5.74) is 0.302. The van der Waals surface area contributed by atoms with E-state index in [2.05, 4.69) is 12.1 Å². The zero-order valence-electron chi connectivity index (χ0n) is 8.55. The highest BCUT2D eigenvalue weighted by atomic mass is 16.4. The average Bonchev–Trinajstić information content (AvgIpc) is 2.10. The van der Waals surface area contributed by atoms with Crippen molar-refractivity contribution >= 4 is 11.5 Å². The van der Waals surface area contributed by atoms with Crippen LogP contribution < -0.4 is 0 Å². The van der Waals surface area contributed by atoms with Crippen molar-refractivity contribution in [3.8, 4) is 0 Å². The largest absolute Gasteiger partial charge is 0.411 e. The SMILES string of the molecule is CCCCCCC/C(=N/O)C(C)=O. The lowest BCUT2D eigenvalue weighted by Gasteiger charge is -1.99. The van der Waals surface area contributed by atoms with Gasteiger partial charge in [0, 0.05) is 6.92 Å². The molecular weight excluding hydrogens is 166 g/mol. The Balaban J connectivity index is 3.46. The summed E-state index contributed by atoms with van der Waals surface area (Å²) in [4.78, 5) is 10.8. The van der Waals surface area contributed by atoms with Crippen LogP contribution >= 0.6 is 0 Å². The van der Waals surface area contributed by atoms with E-state index in [0.29, 0.717) is 12.1 Å². The second kappa shape index (κ2) is 7.77. The zero-order valence-corrected chi connectivity index (χ0v) is 8.55. The molecule has 1 N–H and O–H groups in total. The van der Waals surface area contributed by atoms with Gasteiger partial charge in [-0.05, 0) is 12.8 Å². The number of nitrogens with zero attached hydrogens (tertiary/aromatic N) is 1. The van der Waals surface area contributed by atoms with Crippen LogP contribution in [0.5, 0.6) is 0 Å². The molecule has 13 heavy (non-hydrogen) atoms.